The van der Waals surface area contributed by atoms with Crippen molar-refractivity contribution in [3.63, 3.8) is 0 Å². The van der Waals surface area contributed by atoms with Crippen molar-refractivity contribution in [1.82, 2.24) is 0 Å². The van der Waals surface area contributed by atoms with E-state index in [1.165, 1.54) is 7.11 Å². The predicted molar refractivity (Wildman–Crippen MR) is 77.7 cm³/mol. The van der Waals surface area contributed by atoms with Crippen LogP contribution in [0.2, 0.25) is 0 Å². The molecule has 1 atom stereocenters. The van der Waals surface area contributed by atoms with Crippen LogP contribution in [-0.2, 0) is 6.42 Å². The van der Waals surface area contributed by atoms with Crippen molar-refractivity contribution in [1.29, 1.82) is 0 Å². The number of ether oxygens (including phenoxy) is 1. The van der Waals surface area contributed by atoms with E-state index in [1.54, 1.807) is 18.2 Å². The quantitative estimate of drug-likeness (QED) is 0.927. The summed E-state index contributed by atoms with van der Waals surface area (Å²) in [6, 6.07) is 12.6. The first-order valence-electron chi connectivity index (χ1n) is 5.94. The molecule has 19 heavy (non-hydrogen) atoms. The number of rotatable bonds is 4. The van der Waals surface area contributed by atoms with Gasteiger partial charge >= 0.3 is 0 Å². The van der Waals surface area contributed by atoms with Gasteiger partial charge in [0.15, 0.2) is 11.6 Å². The summed E-state index contributed by atoms with van der Waals surface area (Å²) in [7, 11) is 1.46. The van der Waals surface area contributed by atoms with Gasteiger partial charge in [-0.3, -0.25) is 0 Å². The average molecular weight is 324 g/mol. The number of methoxy groups -OCH3 is 1. The van der Waals surface area contributed by atoms with Crippen LogP contribution in [0, 0.1) is 5.82 Å². The molecule has 0 bridgehead atoms. The topological polar surface area (TPSA) is 35.2 Å². The molecule has 0 aromatic heterocycles. The van der Waals surface area contributed by atoms with E-state index >= 15 is 0 Å². The van der Waals surface area contributed by atoms with E-state index in [0.29, 0.717) is 12.0 Å². The summed E-state index contributed by atoms with van der Waals surface area (Å²) >= 11 is 3.37. The summed E-state index contributed by atoms with van der Waals surface area (Å²) in [5, 5.41) is 0. The van der Waals surface area contributed by atoms with Crippen molar-refractivity contribution in [2.24, 2.45) is 5.73 Å². The second-order valence-electron chi connectivity index (χ2n) is 4.30. The lowest BCUT2D eigenvalue weighted by molar-refractivity contribution is 0.383. The second-order valence-corrected chi connectivity index (χ2v) is 5.21. The van der Waals surface area contributed by atoms with E-state index in [0.717, 1.165) is 10.0 Å². The highest BCUT2D eigenvalue weighted by Crippen LogP contribution is 2.24. The van der Waals surface area contributed by atoms with E-state index in [2.05, 4.69) is 15.9 Å². The number of halogens is 2. The third-order valence-electron chi connectivity index (χ3n) is 3.00. The second kappa shape index (κ2) is 6.17. The molecule has 100 valence electrons. The molecule has 2 N–H and O–H groups in total. The van der Waals surface area contributed by atoms with Crippen LogP contribution in [0.4, 0.5) is 4.39 Å². The highest BCUT2D eigenvalue weighted by atomic mass is 79.9. The zero-order valence-electron chi connectivity index (χ0n) is 10.6. The van der Waals surface area contributed by atoms with Crippen LogP contribution >= 0.6 is 15.9 Å². The van der Waals surface area contributed by atoms with Gasteiger partial charge in [-0.15, -0.1) is 0 Å². The Hall–Kier alpha value is -1.39. The molecule has 0 aliphatic rings. The first kappa shape index (κ1) is 14.0. The fourth-order valence-electron chi connectivity index (χ4n) is 1.94. The van der Waals surface area contributed by atoms with Gasteiger partial charge in [0, 0.05) is 10.5 Å². The van der Waals surface area contributed by atoms with Gasteiger partial charge in [0.1, 0.15) is 0 Å². The van der Waals surface area contributed by atoms with Crippen molar-refractivity contribution in [2.45, 2.75) is 12.5 Å². The van der Waals surface area contributed by atoms with E-state index in [-0.39, 0.29) is 17.6 Å². The highest BCUT2D eigenvalue weighted by Gasteiger charge is 2.13. The molecule has 4 heteroatoms. The Morgan fingerprint density at radius 1 is 1.21 bits per heavy atom. The molecular formula is C15H15BrFNO. The zero-order valence-corrected chi connectivity index (χ0v) is 12.2. The van der Waals surface area contributed by atoms with Crippen molar-refractivity contribution in [3.8, 4) is 5.75 Å². The molecule has 2 aromatic carbocycles. The zero-order chi connectivity index (χ0) is 13.8. The van der Waals surface area contributed by atoms with E-state index in [9.17, 15) is 4.39 Å². The Bertz CT molecular complexity index is 557. The van der Waals surface area contributed by atoms with Crippen LogP contribution in [0.15, 0.2) is 46.9 Å². The largest absolute Gasteiger partial charge is 0.494 e. The first-order valence-corrected chi connectivity index (χ1v) is 6.73. The summed E-state index contributed by atoms with van der Waals surface area (Å²) in [6.45, 7) is 0. The summed E-state index contributed by atoms with van der Waals surface area (Å²) in [5.41, 5.74) is 7.66. The van der Waals surface area contributed by atoms with Gasteiger partial charge in [0.05, 0.1) is 7.11 Å². The number of hydrogen-bond acceptors (Lipinski definition) is 2. The molecule has 0 saturated heterocycles. The maximum Gasteiger partial charge on any atom is 0.168 e. The van der Waals surface area contributed by atoms with Gasteiger partial charge < -0.3 is 10.5 Å². The molecule has 1 unspecified atom stereocenters. The van der Waals surface area contributed by atoms with Crippen LogP contribution in [0.3, 0.4) is 0 Å². The van der Waals surface area contributed by atoms with Gasteiger partial charge in [-0.1, -0.05) is 40.2 Å². The summed E-state index contributed by atoms with van der Waals surface area (Å²) in [5.74, 6) is -0.0851. The lowest BCUT2D eigenvalue weighted by Crippen LogP contribution is -2.14. The molecule has 0 spiro atoms. The van der Waals surface area contributed by atoms with Gasteiger partial charge in [0.2, 0.25) is 0 Å². The van der Waals surface area contributed by atoms with Crippen LogP contribution in [0.5, 0.6) is 5.75 Å². The van der Waals surface area contributed by atoms with Crippen molar-refractivity contribution in [2.75, 3.05) is 7.11 Å². The highest BCUT2D eigenvalue weighted by molar-refractivity contribution is 9.10. The molecule has 0 fully saturated rings. The minimum atomic E-state index is -0.336. The predicted octanol–water partition coefficient (Wildman–Crippen LogP) is 3.84. The minimum Gasteiger partial charge on any atom is -0.494 e. The van der Waals surface area contributed by atoms with Crippen LogP contribution < -0.4 is 10.5 Å². The van der Waals surface area contributed by atoms with Gasteiger partial charge in [0.25, 0.3) is 0 Å². The molecule has 0 aliphatic carbocycles. The smallest absolute Gasteiger partial charge is 0.168 e. The lowest BCUT2D eigenvalue weighted by atomic mass is 9.99. The van der Waals surface area contributed by atoms with E-state index in [4.69, 9.17) is 10.5 Å². The minimum absolute atomic E-state index is 0.241. The van der Waals surface area contributed by atoms with Crippen molar-refractivity contribution < 1.29 is 9.13 Å². The van der Waals surface area contributed by atoms with E-state index in [1.807, 2.05) is 24.3 Å². The fraction of sp³-hybridized carbons (Fsp3) is 0.200. The number of benzene rings is 2. The number of hydrogen-bond donors (Lipinski definition) is 1. The first-order chi connectivity index (χ1) is 9.11. The van der Waals surface area contributed by atoms with Crippen LogP contribution in [0.1, 0.15) is 17.2 Å². The van der Waals surface area contributed by atoms with Crippen LogP contribution in [-0.4, -0.2) is 7.11 Å². The monoisotopic (exact) mass is 323 g/mol. The SMILES string of the molecule is COc1cccc(CC(N)c2ccc(Br)cc2)c1F. The van der Waals surface area contributed by atoms with Gasteiger partial charge in [-0.05, 0) is 35.7 Å². The third kappa shape index (κ3) is 3.33. The normalized spacial score (nSPS) is 12.2. The molecular weight excluding hydrogens is 309 g/mol. The third-order valence-corrected chi connectivity index (χ3v) is 3.53. The lowest BCUT2D eigenvalue weighted by Gasteiger charge is -2.14. The fourth-order valence-corrected chi connectivity index (χ4v) is 2.20. The standard InChI is InChI=1S/C15H15BrFNO/c1-19-14-4-2-3-11(15(14)17)9-13(18)10-5-7-12(16)8-6-10/h2-8,13H,9,18H2,1H3. The summed E-state index contributed by atoms with van der Waals surface area (Å²) < 4.78 is 20.0. The summed E-state index contributed by atoms with van der Waals surface area (Å²) in [6.07, 6.45) is 0.435. The summed E-state index contributed by atoms with van der Waals surface area (Å²) in [4.78, 5) is 0. The molecule has 0 saturated carbocycles. The Balaban J connectivity index is 2.19. The van der Waals surface area contributed by atoms with E-state index < -0.39 is 0 Å². The Labute approximate surface area is 120 Å². The van der Waals surface area contributed by atoms with Crippen molar-refractivity contribution >= 4 is 15.9 Å². The Kier molecular flexibility index (Phi) is 4.56. The Morgan fingerprint density at radius 2 is 1.89 bits per heavy atom. The molecule has 0 aliphatic heterocycles. The molecule has 2 rings (SSSR count). The number of nitrogens with two attached hydrogens (primary N) is 1. The maximum atomic E-state index is 14.0. The van der Waals surface area contributed by atoms with Crippen LogP contribution in [0.25, 0.3) is 0 Å². The molecule has 2 aromatic rings. The Morgan fingerprint density at radius 3 is 2.53 bits per heavy atom. The maximum absolute atomic E-state index is 14.0. The van der Waals surface area contributed by atoms with Gasteiger partial charge in [-0.2, -0.15) is 0 Å². The molecule has 0 amide bonds. The molecule has 0 heterocycles. The average Bonchev–Trinajstić information content (AvgIpc) is 2.42. The molecule has 2 nitrogen and oxygen atoms in total. The van der Waals surface area contributed by atoms with Crippen molar-refractivity contribution in [3.05, 3.63) is 63.9 Å². The van der Waals surface area contributed by atoms with Gasteiger partial charge in [-0.25, -0.2) is 4.39 Å². The molecule has 0 radical (unpaired) electrons.